The smallest absolute Gasteiger partial charge is 0.106 e. The average Bonchev–Trinajstić information content (AvgIpc) is 2.80. The number of benzene rings is 1. The van der Waals surface area contributed by atoms with E-state index in [1.165, 1.54) is 24.2 Å². The summed E-state index contributed by atoms with van der Waals surface area (Å²) >= 11 is 7.15. The predicted octanol–water partition coefficient (Wildman–Crippen LogP) is 2.94. The van der Waals surface area contributed by atoms with Gasteiger partial charge in [0.1, 0.15) is 4.99 Å². The third kappa shape index (κ3) is 3.13. The summed E-state index contributed by atoms with van der Waals surface area (Å²) in [5.74, 6) is 1.29. The van der Waals surface area contributed by atoms with E-state index in [2.05, 4.69) is 30.1 Å². The molecular formula is C13H18N2S2. The molecule has 0 aromatic heterocycles. The topological polar surface area (TPSA) is 38.0 Å². The van der Waals surface area contributed by atoms with Crippen LogP contribution in [0.5, 0.6) is 0 Å². The van der Waals surface area contributed by atoms with Gasteiger partial charge in [-0.05, 0) is 37.1 Å². The van der Waals surface area contributed by atoms with Gasteiger partial charge in [-0.1, -0.05) is 24.4 Å². The van der Waals surface area contributed by atoms with E-state index >= 15 is 0 Å². The molecule has 0 amide bonds. The highest BCUT2D eigenvalue weighted by atomic mass is 32.2. The molecular weight excluding hydrogens is 248 g/mol. The van der Waals surface area contributed by atoms with Crippen LogP contribution in [-0.4, -0.2) is 22.5 Å². The highest BCUT2D eigenvalue weighted by Gasteiger charge is 2.16. The number of hydrogen-bond acceptors (Lipinski definition) is 3. The Morgan fingerprint density at radius 1 is 1.59 bits per heavy atom. The minimum atomic E-state index is 0.468. The van der Waals surface area contributed by atoms with Gasteiger partial charge >= 0.3 is 0 Å². The van der Waals surface area contributed by atoms with Crippen molar-refractivity contribution in [2.75, 3.05) is 17.6 Å². The van der Waals surface area contributed by atoms with Crippen LogP contribution in [0.2, 0.25) is 0 Å². The zero-order valence-electron chi connectivity index (χ0n) is 10.0. The van der Waals surface area contributed by atoms with E-state index in [0.29, 0.717) is 4.99 Å². The Hall–Kier alpha value is -0.740. The summed E-state index contributed by atoms with van der Waals surface area (Å²) in [7, 11) is 0. The summed E-state index contributed by atoms with van der Waals surface area (Å²) in [5.41, 5.74) is 9.03. The molecule has 0 aliphatic carbocycles. The number of aryl methyl sites for hydroxylation is 1. The second-order valence-corrected chi connectivity index (χ2v) is 6.23. The lowest BCUT2D eigenvalue weighted by Gasteiger charge is -2.16. The highest BCUT2D eigenvalue weighted by molar-refractivity contribution is 8.00. The standard InChI is InChI=1S/C13H18N2S2/c1-9-4-2-6-11(13(14)16)12(9)15-8-10-5-3-7-17-10/h2,4,6,10,15H,3,5,7-8H2,1H3,(H2,14,16). The van der Waals surface area contributed by atoms with Gasteiger partial charge in [0, 0.05) is 23.0 Å². The fourth-order valence-electron chi connectivity index (χ4n) is 2.13. The van der Waals surface area contributed by atoms with Gasteiger partial charge in [0.2, 0.25) is 0 Å². The van der Waals surface area contributed by atoms with Crippen LogP contribution in [0.1, 0.15) is 24.0 Å². The van der Waals surface area contributed by atoms with Crippen LogP contribution < -0.4 is 11.1 Å². The first-order valence-electron chi connectivity index (χ1n) is 5.93. The maximum absolute atomic E-state index is 5.75. The Labute approximate surface area is 112 Å². The van der Waals surface area contributed by atoms with Gasteiger partial charge in [0.25, 0.3) is 0 Å². The van der Waals surface area contributed by atoms with Gasteiger partial charge in [-0.25, -0.2) is 0 Å². The number of thiocarbonyl (C=S) groups is 1. The lowest BCUT2D eigenvalue weighted by atomic mass is 10.1. The molecule has 1 atom stereocenters. The van der Waals surface area contributed by atoms with E-state index in [4.69, 9.17) is 18.0 Å². The number of rotatable bonds is 4. The SMILES string of the molecule is Cc1cccc(C(N)=S)c1NCC1CCCS1. The minimum Gasteiger partial charge on any atom is -0.389 e. The van der Waals surface area contributed by atoms with Crippen LogP contribution >= 0.6 is 24.0 Å². The third-order valence-electron chi connectivity index (χ3n) is 3.07. The van der Waals surface area contributed by atoms with Crippen molar-refractivity contribution < 1.29 is 0 Å². The van der Waals surface area contributed by atoms with E-state index < -0.39 is 0 Å². The summed E-state index contributed by atoms with van der Waals surface area (Å²) in [4.78, 5) is 0.468. The number of anilines is 1. The molecule has 3 N–H and O–H groups in total. The molecule has 1 heterocycles. The summed E-state index contributed by atoms with van der Waals surface area (Å²) in [6.07, 6.45) is 2.65. The summed E-state index contributed by atoms with van der Waals surface area (Å²) in [6, 6.07) is 6.07. The highest BCUT2D eigenvalue weighted by Crippen LogP contribution is 2.27. The van der Waals surface area contributed by atoms with Gasteiger partial charge in [-0.15, -0.1) is 0 Å². The van der Waals surface area contributed by atoms with Crippen molar-refractivity contribution in [1.82, 2.24) is 0 Å². The monoisotopic (exact) mass is 266 g/mol. The molecule has 4 heteroatoms. The Balaban J connectivity index is 2.10. The van der Waals surface area contributed by atoms with Crippen LogP contribution in [0.3, 0.4) is 0 Å². The number of nitrogens with one attached hydrogen (secondary N) is 1. The van der Waals surface area contributed by atoms with Crippen LogP contribution in [-0.2, 0) is 0 Å². The van der Waals surface area contributed by atoms with E-state index in [0.717, 1.165) is 23.0 Å². The quantitative estimate of drug-likeness (QED) is 0.822. The Bertz CT molecular complexity index is 412. The molecule has 0 radical (unpaired) electrons. The van der Waals surface area contributed by atoms with Crippen molar-refractivity contribution >= 4 is 34.7 Å². The molecule has 0 saturated carbocycles. The second kappa shape index (κ2) is 5.74. The van der Waals surface area contributed by atoms with Crippen molar-refractivity contribution in [3.05, 3.63) is 29.3 Å². The molecule has 2 rings (SSSR count). The number of para-hydroxylation sites is 1. The largest absolute Gasteiger partial charge is 0.389 e. The maximum atomic E-state index is 5.75. The molecule has 1 aromatic rings. The van der Waals surface area contributed by atoms with Gasteiger partial charge in [-0.2, -0.15) is 11.8 Å². The molecule has 2 nitrogen and oxygen atoms in total. The normalized spacial score (nSPS) is 19.2. The molecule has 92 valence electrons. The summed E-state index contributed by atoms with van der Waals surface area (Å²) in [5, 5.41) is 4.25. The fraction of sp³-hybridized carbons (Fsp3) is 0.462. The van der Waals surface area contributed by atoms with Gasteiger partial charge in [0.15, 0.2) is 0 Å². The molecule has 17 heavy (non-hydrogen) atoms. The third-order valence-corrected chi connectivity index (χ3v) is 4.69. The predicted molar refractivity (Wildman–Crippen MR) is 81.0 cm³/mol. The van der Waals surface area contributed by atoms with Crippen LogP contribution in [0.15, 0.2) is 18.2 Å². The van der Waals surface area contributed by atoms with E-state index in [9.17, 15) is 0 Å². The van der Waals surface area contributed by atoms with E-state index in [1.54, 1.807) is 0 Å². The van der Waals surface area contributed by atoms with Gasteiger partial charge < -0.3 is 11.1 Å². The number of nitrogens with two attached hydrogens (primary N) is 1. The van der Waals surface area contributed by atoms with Crippen molar-refractivity contribution in [2.45, 2.75) is 25.0 Å². The molecule has 1 aliphatic rings. The first-order chi connectivity index (χ1) is 8.18. The minimum absolute atomic E-state index is 0.468. The van der Waals surface area contributed by atoms with E-state index in [-0.39, 0.29) is 0 Å². The lowest BCUT2D eigenvalue weighted by molar-refractivity contribution is 0.805. The second-order valence-electron chi connectivity index (χ2n) is 4.38. The number of hydrogen-bond donors (Lipinski definition) is 2. The lowest BCUT2D eigenvalue weighted by Crippen LogP contribution is -2.18. The fourth-order valence-corrected chi connectivity index (χ4v) is 3.50. The maximum Gasteiger partial charge on any atom is 0.106 e. The molecule has 1 aromatic carbocycles. The van der Waals surface area contributed by atoms with Crippen LogP contribution in [0.4, 0.5) is 5.69 Å². The Morgan fingerprint density at radius 2 is 2.41 bits per heavy atom. The first-order valence-corrected chi connectivity index (χ1v) is 7.39. The van der Waals surface area contributed by atoms with Crippen molar-refractivity contribution in [1.29, 1.82) is 0 Å². The zero-order valence-corrected chi connectivity index (χ0v) is 11.7. The molecule has 0 bridgehead atoms. The Morgan fingerprint density at radius 3 is 3.06 bits per heavy atom. The van der Waals surface area contributed by atoms with Crippen molar-refractivity contribution in [3.8, 4) is 0 Å². The zero-order chi connectivity index (χ0) is 12.3. The van der Waals surface area contributed by atoms with Gasteiger partial charge in [-0.3, -0.25) is 0 Å². The van der Waals surface area contributed by atoms with Crippen LogP contribution in [0, 0.1) is 6.92 Å². The first kappa shape index (κ1) is 12.7. The van der Waals surface area contributed by atoms with Crippen molar-refractivity contribution in [3.63, 3.8) is 0 Å². The Kier molecular flexibility index (Phi) is 4.29. The molecule has 1 aliphatic heterocycles. The summed E-state index contributed by atoms with van der Waals surface area (Å²) < 4.78 is 0. The molecule has 1 unspecified atom stereocenters. The number of thioether (sulfide) groups is 1. The molecule has 0 spiro atoms. The molecule has 1 fully saturated rings. The molecule has 1 saturated heterocycles. The van der Waals surface area contributed by atoms with Crippen molar-refractivity contribution in [2.24, 2.45) is 5.73 Å². The van der Waals surface area contributed by atoms with E-state index in [1.807, 2.05) is 12.1 Å². The summed E-state index contributed by atoms with van der Waals surface area (Å²) in [6.45, 7) is 3.09. The average molecular weight is 266 g/mol. The van der Waals surface area contributed by atoms with Gasteiger partial charge in [0.05, 0.1) is 0 Å². The van der Waals surface area contributed by atoms with Crippen LogP contribution in [0.25, 0.3) is 0 Å².